The Hall–Kier alpha value is -0.580. The molecule has 1 aromatic rings. The Morgan fingerprint density at radius 2 is 2.00 bits per heavy atom. The first-order chi connectivity index (χ1) is 6.88. The molecule has 0 unspecified atom stereocenters. The minimum absolute atomic E-state index is 0.0819. The van der Waals surface area contributed by atoms with Crippen molar-refractivity contribution in [2.75, 3.05) is 0 Å². The van der Waals surface area contributed by atoms with E-state index in [-0.39, 0.29) is 6.42 Å². The van der Waals surface area contributed by atoms with Crippen LogP contribution >= 0.6 is 15.9 Å². The second kappa shape index (κ2) is 4.96. The number of nitrogens with zero attached hydrogens (tertiary/aromatic N) is 1. The summed E-state index contributed by atoms with van der Waals surface area (Å²) >= 11 is 3.27. The van der Waals surface area contributed by atoms with Gasteiger partial charge in [0.1, 0.15) is 0 Å². The summed E-state index contributed by atoms with van der Waals surface area (Å²) in [6.45, 7) is 1.82. The van der Waals surface area contributed by atoms with E-state index in [1.165, 1.54) is 0 Å². The molecule has 1 rings (SSSR count). The average Bonchev–Trinajstić information content (AvgIpc) is 2.09. The third-order valence-electron chi connectivity index (χ3n) is 1.93. The molecule has 0 aliphatic carbocycles. The molecule has 0 bridgehead atoms. The number of pyridine rings is 1. The maximum atomic E-state index is 11.9. The Morgan fingerprint density at radius 3 is 2.60 bits per heavy atom. The molecule has 0 amide bonds. The lowest BCUT2D eigenvalue weighted by Crippen LogP contribution is -2.07. The Balaban J connectivity index is 2.54. The molecule has 0 N–H and O–H groups in total. The number of hydrogen-bond donors (Lipinski definition) is 0. The highest BCUT2D eigenvalue weighted by atomic mass is 79.9. The van der Waals surface area contributed by atoms with E-state index in [0.717, 1.165) is 10.2 Å². The highest BCUT2D eigenvalue weighted by Gasteiger charge is 2.26. The number of rotatable bonds is 3. The number of hydrogen-bond acceptors (Lipinski definition) is 1. The molecule has 1 nitrogen and oxygen atoms in total. The molecule has 0 aliphatic rings. The van der Waals surface area contributed by atoms with Crippen LogP contribution in [0.2, 0.25) is 0 Å². The molecule has 0 radical (unpaired) electrons. The molecule has 15 heavy (non-hydrogen) atoms. The van der Waals surface area contributed by atoms with Gasteiger partial charge in [-0.1, -0.05) is 0 Å². The predicted octanol–water partition coefficient (Wildman–Crippen LogP) is 4.04. The summed E-state index contributed by atoms with van der Waals surface area (Å²) in [6.07, 6.45) is -4.40. The van der Waals surface area contributed by atoms with Crippen molar-refractivity contribution >= 4 is 15.9 Å². The zero-order valence-electron chi connectivity index (χ0n) is 8.24. The maximum absolute atomic E-state index is 11.9. The highest BCUT2D eigenvalue weighted by molar-refractivity contribution is 9.10. The number of aromatic nitrogens is 1. The molecule has 0 saturated heterocycles. The van der Waals surface area contributed by atoms with Crippen LogP contribution in [0, 0.1) is 6.92 Å². The minimum atomic E-state index is -4.07. The lowest BCUT2D eigenvalue weighted by Gasteiger charge is -2.07. The first kappa shape index (κ1) is 12.5. The second-order valence-electron chi connectivity index (χ2n) is 3.35. The predicted molar refractivity (Wildman–Crippen MR) is 55.7 cm³/mol. The van der Waals surface area contributed by atoms with Gasteiger partial charge >= 0.3 is 6.18 Å². The number of aryl methyl sites for hydroxylation is 2. The molecule has 84 valence electrons. The first-order valence-electron chi connectivity index (χ1n) is 4.57. The van der Waals surface area contributed by atoms with Gasteiger partial charge in [-0.05, 0) is 47.8 Å². The van der Waals surface area contributed by atoms with Crippen molar-refractivity contribution in [1.29, 1.82) is 0 Å². The van der Waals surface area contributed by atoms with Crippen LogP contribution in [0.15, 0.2) is 16.6 Å². The average molecular weight is 282 g/mol. The summed E-state index contributed by atoms with van der Waals surface area (Å²) in [5.41, 5.74) is 1.51. The molecular weight excluding hydrogens is 271 g/mol. The number of alkyl halides is 3. The van der Waals surface area contributed by atoms with Crippen LogP contribution < -0.4 is 0 Å². The summed E-state index contributed by atoms with van der Waals surface area (Å²) in [7, 11) is 0. The quantitative estimate of drug-likeness (QED) is 0.815. The van der Waals surface area contributed by atoms with E-state index in [1.807, 2.05) is 19.1 Å². The van der Waals surface area contributed by atoms with Gasteiger partial charge in [-0.3, -0.25) is 4.98 Å². The van der Waals surface area contributed by atoms with E-state index < -0.39 is 12.6 Å². The fraction of sp³-hybridized carbons (Fsp3) is 0.500. The lowest BCUT2D eigenvalue weighted by molar-refractivity contribution is -0.135. The van der Waals surface area contributed by atoms with Crippen LogP contribution in [0.5, 0.6) is 0 Å². The molecule has 0 fully saturated rings. The Kier molecular flexibility index (Phi) is 4.13. The summed E-state index contributed by atoms with van der Waals surface area (Å²) in [4.78, 5) is 4.18. The monoisotopic (exact) mass is 281 g/mol. The Morgan fingerprint density at radius 1 is 1.33 bits per heavy atom. The van der Waals surface area contributed by atoms with Gasteiger partial charge in [-0.2, -0.15) is 13.2 Å². The summed E-state index contributed by atoms with van der Waals surface area (Å²) in [5.74, 6) is 0. The fourth-order valence-electron chi connectivity index (χ4n) is 1.23. The molecule has 0 aliphatic heterocycles. The van der Waals surface area contributed by atoms with E-state index in [9.17, 15) is 13.2 Å². The zero-order chi connectivity index (χ0) is 11.5. The van der Waals surface area contributed by atoms with Crippen molar-refractivity contribution in [3.63, 3.8) is 0 Å². The minimum Gasteiger partial charge on any atom is -0.257 e. The normalized spacial score (nSPS) is 11.8. The largest absolute Gasteiger partial charge is 0.389 e. The van der Waals surface area contributed by atoms with Gasteiger partial charge < -0.3 is 0 Å². The van der Waals surface area contributed by atoms with Crippen molar-refractivity contribution in [1.82, 2.24) is 4.98 Å². The van der Waals surface area contributed by atoms with Crippen molar-refractivity contribution in [2.24, 2.45) is 0 Å². The maximum Gasteiger partial charge on any atom is 0.389 e. The topological polar surface area (TPSA) is 12.9 Å². The van der Waals surface area contributed by atoms with Gasteiger partial charge in [0, 0.05) is 16.6 Å². The molecule has 5 heteroatoms. The highest BCUT2D eigenvalue weighted by Crippen LogP contribution is 2.24. The van der Waals surface area contributed by atoms with E-state index in [2.05, 4.69) is 20.9 Å². The van der Waals surface area contributed by atoms with Gasteiger partial charge in [0.15, 0.2) is 0 Å². The SMILES string of the molecule is Cc1ccc(Br)c(CCCC(F)(F)F)n1. The molecule has 0 aromatic carbocycles. The summed E-state index contributed by atoms with van der Waals surface area (Å²) in [6, 6.07) is 3.63. The third kappa shape index (κ3) is 4.64. The molecular formula is C10H11BrF3N. The molecule has 0 atom stereocenters. The summed E-state index contributed by atoms with van der Waals surface area (Å²) < 4.78 is 36.5. The van der Waals surface area contributed by atoms with Crippen LogP contribution in [0.4, 0.5) is 13.2 Å². The van der Waals surface area contributed by atoms with Crippen LogP contribution in [0.1, 0.15) is 24.2 Å². The lowest BCUT2D eigenvalue weighted by atomic mass is 10.1. The van der Waals surface area contributed by atoms with Crippen molar-refractivity contribution in [3.05, 3.63) is 28.0 Å². The van der Waals surface area contributed by atoms with E-state index in [4.69, 9.17) is 0 Å². The third-order valence-corrected chi connectivity index (χ3v) is 2.65. The van der Waals surface area contributed by atoms with Crippen LogP contribution in [-0.4, -0.2) is 11.2 Å². The van der Waals surface area contributed by atoms with E-state index in [0.29, 0.717) is 12.1 Å². The van der Waals surface area contributed by atoms with E-state index in [1.54, 1.807) is 0 Å². The van der Waals surface area contributed by atoms with Crippen molar-refractivity contribution in [3.8, 4) is 0 Å². The standard InChI is InChI=1S/C10H11BrF3N/c1-7-4-5-8(11)9(15-7)3-2-6-10(12,13)14/h4-5H,2-3,6H2,1H3. The van der Waals surface area contributed by atoms with Crippen molar-refractivity contribution < 1.29 is 13.2 Å². The van der Waals surface area contributed by atoms with Gasteiger partial charge in [0.25, 0.3) is 0 Å². The molecule has 0 spiro atoms. The van der Waals surface area contributed by atoms with Gasteiger partial charge in [-0.25, -0.2) is 0 Å². The van der Waals surface area contributed by atoms with Crippen molar-refractivity contribution in [2.45, 2.75) is 32.4 Å². The van der Waals surface area contributed by atoms with Crippen LogP contribution in [0.25, 0.3) is 0 Å². The van der Waals surface area contributed by atoms with Crippen LogP contribution in [-0.2, 0) is 6.42 Å². The zero-order valence-corrected chi connectivity index (χ0v) is 9.82. The van der Waals surface area contributed by atoms with Gasteiger partial charge in [0.2, 0.25) is 0 Å². The van der Waals surface area contributed by atoms with Gasteiger partial charge in [0.05, 0.1) is 5.69 Å². The Labute approximate surface area is 94.8 Å². The summed E-state index contributed by atoms with van der Waals surface area (Å²) in [5, 5.41) is 0. The molecule has 0 saturated carbocycles. The van der Waals surface area contributed by atoms with E-state index >= 15 is 0 Å². The fourth-order valence-corrected chi connectivity index (χ4v) is 1.64. The first-order valence-corrected chi connectivity index (χ1v) is 5.36. The van der Waals surface area contributed by atoms with Crippen LogP contribution in [0.3, 0.4) is 0 Å². The second-order valence-corrected chi connectivity index (χ2v) is 4.20. The smallest absolute Gasteiger partial charge is 0.257 e. The number of halogens is 4. The molecule has 1 heterocycles. The van der Waals surface area contributed by atoms with Gasteiger partial charge in [-0.15, -0.1) is 0 Å². The Bertz CT molecular complexity index is 336. The molecule has 1 aromatic heterocycles.